The fraction of sp³-hybridized carbons (Fsp3) is 0.471. The standard InChI is InChI=1S/C17H22N2O/c1-12-10-13(14-6-2-4-8-16(14)19-12)11-20-17-9-5-3-7-15(17)18/h2,4,6,8,10,15,17H,3,5,7,9,11,18H2,1H3. The van der Waals surface area contributed by atoms with Gasteiger partial charge >= 0.3 is 0 Å². The normalized spacial score (nSPS) is 23.1. The highest BCUT2D eigenvalue weighted by Crippen LogP contribution is 2.23. The molecular weight excluding hydrogens is 248 g/mol. The predicted molar refractivity (Wildman–Crippen MR) is 81.5 cm³/mol. The zero-order valence-electron chi connectivity index (χ0n) is 12.0. The van der Waals surface area contributed by atoms with Gasteiger partial charge in [-0.15, -0.1) is 0 Å². The van der Waals surface area contributed by atoms with Crippen LogP contribution < -0.4 is 5.73 Å². The SMILES string of the molecule is Cc1cc(COC2CCCCC2N)c2ccccc2n1. The number of aromatic nitrogens is 1. The van der Waals surface area contributed by atoms with Gasteiger partial charge in [-0.3, -0.25) is 4.98 Å². The Hall–Kier alpha value is -1.45. The van der Waals surface area contributed by atoms with Gasteiger partial charge in [-0.1, -0.05) is 31.0 Å². The van der Waals surface area contributed by atoms with Crippen LogP contribution in [-0.2, 0) is 11.3 Å². The topological polar surface area (TPSA) is 48.1 Å². The van der Waals surface area contributed by atoms with Crippen molar-refractivity contribution in [1.29, 1.82) is 0 Å². The van der Waals surface area contributed by atoms with E-state index in [1.807, 2.05) is 13.0 Å². The number of para-hydroxylation sites is 1. The molecule has 2 aromatic rings. The van der Waals surface area contributed by atoms with Gasteiger partial charge < -0.3 is 10.5 Å². The van der Waals surface area contributed by atoms with Crippen LogP contribution in [0.3, 0.4) is 0 Å². The molecule has 2 atom stereocenters. The van der Waals surface area contributed by atoms with E-state index >= 15 is 0 Å². The highest BCUT2D eigenvalue weighted by molar-refractivity contribution is 5.82. The van der Waals surface area contributed by atoms with Crippen LogP contribution in [0, 0.1) is 6.92 Å². The molecule has 20 heavy (non-hydrogen) atoms. The van der Waals surface area contributed by atoms with Crippen molar-refractivity contribution < 1.29 is 4.74 Å². The van der Waals surface area contributed by atoms with Crippen LogP contribution in [0.1, 0.15) is 36.9 Å². The summed E-state index contributed by atoms with van der Waals surface area (Å²) in [4.78, 5) is 4.57. The molecular formula is C17H22N2O. The van der Waals surface area contributed by atoms with Crippen molar-refractivity contribution in [3.8, 4) is 0 Å². The minimum Gasteiger partial charge on any atom is -0.372 e. The van der Waals surface area contributed by atoms with Gasteiger partial charge in [0, 0.05) is 17.1 Å². The first-order chi connectivity index (χ1) is 9.74. The zero-order valence-corrected chi connectivity index (χ0v) is 12.0. The number of fused-ring (bicyclic) bond motifs is 1. The number of pyridine rings is 1. The van der Waals surface area contributed by atoms with Crippen LogP contribution >= 0.6 is 0 Å². The maximum Gasteiger partial charge on any atom is 0.0730 e. The number of ether oxygens (including phenoxy) is 1. The summed E-state index contributed by atoms with van der Waals surface area (Å²) in [5, 5.41) is 1.18. The van der Waals surface area contributed by atoms with Crippen molar-refractivity contribution in [3.05, 3.63) is 41.6 Å². The number of hydrogen-bond acceptors (Lipinski definition) is 3. The molecule has 1 fully saturated rings. The lowest BCUT2D eigenvalue weighted by atomic mass is 9.93. The third-order valence-electron chi connectivity index (χ3n) is 4.14. The van der Waals surface area contributed by atoms with E-state index < -0.39 is 0 Å². The van der Waals surface area contributed by atoms with E-state index in [0.29, 0.717) is 6.61 Å². The molecule has 1 aromatic heterocycles. The molecule has 1 heterocycles. The van der Waals surface area contributed by atoms with Crippen molar-refractivity contribution in [2.75, 3.05) is 0 Å². The molecule has 0 amide bonds. The number of rotatable bonds is 3. The molecule has 3 rings (SSSR count). The summed E-state index contributed by atoms with van der Waals surface area (Å²) in [6.07, 6.45) is 4.84. The first-order valence-electron chi connectivity index (χ1n) is 7.46. The van der Waals surface area contributed by atoms with Gasteiger partial charge in [0.1, 0.15) is 0 Å². The molecule has 106 valence electrons. The highest BCUT2D eigenvalue weighted by atomic mass is 16.5. The van der Waals surface area contributed by atoms with Gasteiger partial charge in [0.15, 0.2) is 0 Å². The minimum atomic E-state index is 0.193. The Kier molecular flexibility index (Phi) is 3.99. The summed E-state index contributed by atoms with van der Waals surface area (Å²) in [7, 11) is 0. The van der Waals surface area contributed by atoms with E-state index in [2.05, 4.69) is 29.2 Å². The maximum atomic E-state index is 6.15. The van der Waals surface area contributed by atoms with E-state index in [0.717, 1.165) is 24.1 Å². The lowest BCUT2D eigenvalue weighted by molar-refractivity contribution is 0.00451. The second kappa shape index (κ2) is 5.90. The van der Waals surface area contributed by atoms with Crippen LogP contribution in [0.5, 0.6) is 0 Å². The lowest BCUT2D eigenvalue weighted by Crippen LogP contribution is -2.39. The first-order valence-corrected chi connectivity index (χ1v) is 7.46. The van der Waals surface area contributed by atoms with Crippen molar-refractivity contribution >= 4 is 10.9 Å². The third-order valence-corrected chi connectivity index (χ3v) is 4.14. The Morgan fingerprint density at radius 1 is 1.25 bits per heavy atom. The van der Waals surface area contributed by atoms with Crippen molar-refractivity contribution in [3.63, 3.8) is 0 Å². The summed E-state index contributed by atoms with van der Waals surface area (Å²) in [6.45, 7) is 2.66. The molecule has 1 saturated carbocycles. The van der Waals surface area contributed by atoms with Crippen LogP contribution in [0.2, 0.25) is 0 Å². The predicted octanol–water partition coefficient (Wildman–Crippen LogP) is 3.33. The summed E-state index contributed by atoms with van der Waals surface area (Å²) in [6, 6.07) is 10.6. The monoisotopic (exact) mass is 270 g/mol. The Bertz CT molecular complexity index is 597. The first kappa shape index (κ1) is 13.5. The molecule has 1 aromatic carbocycles. The van der Waals surface area contributed by atoms with Crippen LogP contribution in [0.15, 0.2) is 30.3 Å². The van der Waals surface area contributed by atoms with Crippen molar-refractivity contribution in [2.45, 2.75) is 51.4 Å². The average Bonchev–Trinajstić information content (AvgIpc) is 2.46. The van der Waals surface area contributed by atoms with Gasteiger partial charge in [0.25, 0.3) is 0 Å². The summed E-state index contributed by atoms with van der Waals surface area (Å²) < 4.78 is 6.09. The van der Waals surface area contributed by atoms with Gasteiger partial charge in [0.2, 0.25) is 0 Å². The molecule has 0 saturated heterocycles. The fourth-order valence-corrected chi connectivity index (χ4v) is 3.04. The summed E-state index contributed by atoms with van der Waals surface area (Å²) in [5.74, 6) is 0. The molecule has 2 N–H and O–H groups in total. The average molecular weight is 270 g/mol. The molecule has 1 aliphatic rings. The number of benzene rings is 1. The minimum absolute atomic E-state index is 0.193. The molecule has 1 aliphatic carbocycles. The van der Waals surface area contributed by atoms with E-state index in [4.69, 9.17) is 10.5 Å². The summed E-state index contributed by atoms with van der Waals surface area (Å²) in [5.41, 5.74) is 9.44. The third kappa shape index (κ3) is 2.84. The lowest BCUT2D eigenvalue weighted by Gasteiger charge is -2.28. The number of aryl methyl sites for hydroxylation is 1. The Morgan fingerprint density at radius 3 is 2.90 bits per heavy atom. The molecule has 3 heteroatoms. The fourth-order valence-electron chi connectivity index (χ4n) is 3.04. The number of nitrogens with zero attached hydrogens (tertiary/aromatic N) is 1. The number of hydrogen-bond donors (Lipinski definition) is 1. The van der Waals surface area contributed by atoms with Gasteiger partial charge in [-0.2, -0.15) is 0 Å². The van der Waals surface area contributed by atoms with Crippen LogP contribution in [0.4, 0.5) is 0 Å². The van der Waals surface area contributed by atoms with Gasteiger partial charge in [-0.25, -0.2) is 0 Å². The van der Waals surface area contributed by atoms with Gasteiger partial charge in [-0.05, 0) is 37.5 Å². The molecule has 2 unspecified atom stereocenters. The molecule has 3 nitrogen and oxygen atoms in total. The van der Waals surface area contributed by atoms with E-state index in [1.54, 1.807) is 0 Å². The van der Waals surface area contributed by atoms with E-state index in [9.17, 15) is 0 Å². The quantitative estimate of drug-likeness (QED) is 0.930. The number of nitrogens with two attached hydrogens (primary N) is 1. The van der Waals surface area contributed by atoms with E-state index in [-0.39, 0.29) is 12.1 Å². The second-order valence-corrected chi connectivity index (χ2v) is 5.74. The Labute approximate surface area is 120 Å². The smallest absolute Gasteiger partial charge is 0.0730 e. The zero-order chi connectivity index (χ0) is 13.9. The molecule has 0 spiro atoms. The Morgan fingerprint density at radius 2 is 2.05 bits per heavy atom. The molecule has 0 radical (unpaired) electrons. The summed E-state index contributed by atoms with van der Waals surface area (Å²) >= 11 is 0. The highest BCUT2D eigenvalue weighted by Gasteiger charge is 2.22. The van der Waals surface area contributed by atoms with Gasteiger partial charge in [0.05, 0.1) is 18.2 Å². The van der Waals surface area contributed by atoms with Crippen LogP contribution in [-0.4, -0.2) is 17.1 Å². The second-order valence-electron chi connectivity index (χ2n) is 5.74. The van der Waals surface area contributed by atoms with Crippen LogP contribution in [0.25, 0.3) is 10.9 Å². The van der Waals surface area contributed by atoms with Crippen molar-refractivity contribution in [2.24, 2.45) is 5.73 Å². The van der Waals surface area contributed by atoms with E-state index in [1.165, 1.54) is 23.8 Å². The largest absolute Gasteiger partial charge is 0.372 e. The maximum absolute atomic E-state index is 6.15. The molecule has 0 aliphatic heterocycles. The molecule has 0 bridgehead atoms. The van der Waals surface area contributed by atoms with Crippen molar-refractivity contribution in [1.82, 2.24) is 4.98 Å². The Balaban J connectivity index is 1.80.